The van der Waals surface area contributed by atoms with E-state index in [2.05, 4.69) is 65.1 Å². The number of fused-ring (bicyclic) bond motifs is 3. The van der Waals surface area contributed by atoms with Crippen molar-refractivity contribution in [2.45, 2.75) is 101 Å². The van der Waals surface area contributed by atoms with Crippen molar-refractivity contribution in [1.82, 2.24) is 50.9 Å². The van der Waals surface area contributed by atoms with Gasteiger partial charge in [-0.1, -0.05) is 192 Å². The van der Waals surface area contributed by atoms with Crippen LogP contribution in [0.5, 0.6) is 17.2 Å². The summed E-state index contributed by atoms with van der Waals surface area (Å²) in [5, 5.41) is 14.3. The maximum absolute atomic E-state index is 13.4. The van der Waals surface area contributed by atoms with Gasteiger partial charge in [-0.3, -0.25) is 9.59 Å². The van der Waals surface area contributed by atoms with Gasteiger partial charge in [0.25, 0.3) is 11.8 Å². The summed E-state index contributed by atoms with van der Waals surface area (Å²) in [7, 11) is -10.3. The zero-order valence-corrected chi connectivity index (χ0v) is 70.5. The molecule has 9 aromatic carbocycles. The molecule has 0 saturated carbocycles. The summed E-state index contributed by atoms with van der Waals surface area (Å²) in [6.45, 7) is 1.98. The van der Waals surface area contributed by atoms with Crippen molar-refractivity contribution in [2.75, 3.05) is 17.3 Å². The third-order valence-electron chi connectivity index (χ3n) is 19.0. The first kappa shape index (κ1) is 88.6. The Labute approximate surface area is 711 Å². The number of aromatic nitrogens is 8. The number of ether oxygens (including phenoxy) is 3. The molecule has 24 nitrogen and oxygen atoms in total. The molecular formula is C81H67Cl6F6N11O13S3. The number of nitrogens with one attached hydrogen (secondary N) is 5. The van der Waals surface area contributed by atoms with Crippen LogP contribution in [-0.4, -0.2) is 114 Å². The Kier molecular flexibility index (Phi) is 27.1. The minimum absolute atomic E-state index is 0.00491. The van der Waals surface area contributed by atoms with Gasteiger partial charge in [-0.15, -0.1) is 0 Å². The molecule has 120 heavy (non-hydrogen) atoms. The molecule has 3 unspecified atom stereocenters. The van der Waals surface area contributed by atoms with Gasteiger partial charge in [-0.05, 0) is 117 Å². The van der Waals surface area contributed by atoms with Crippen LogP contribution in [0.25, 0.3) is 66.5 Å². The van der Waals surface area contributed by atoms with E-state index >= 15 is 0 Å². The summed E-state index contributed by atoms with van der Waals surface area (Å²) < 4.78 is 176. The number of rotatable bonds is 25. The van der Waals surface area contributed by atoms with Gasteiger partial charge in [-0.25, -0.2) is 40.2 Å². The molecule has 0 radical (unpaired) electrons. The van der Waals surface area contributed by atoms with E-state index in [0.717, 1.165) is 0 Å². The smallest absolute Gasteiger partial charge is 0.387 e. The van der Waals surface area contributed by atoms with Crippen molar-refractivity contribution < 1.29 is 84.4 Å². The minimum atomic E-state index is -3.47. The summed E-state index contributed by atoms with van der Waals surface area (Å²) in [6, 6.07) is 38.8. The number of halogens is 12. The second kappa shape index (κ2) is 36.7. The predicted molar refractivity (Wildman–Crippen MR) is 444 cm³/mol. The molecule has 2 amide bonds. The number of nitrogens with two attached hydrogens (primary N) is 1. The minimum Gasteiger partial charge on any atom is -0.434 e. The van der Waals surface area contributed by atoms with E-state index in [0.29, 0.717) is 78.6 Å². The van der Waals surface area contributed by atoms with E-state index in [1.807, 2.05) is 0 Å². The quantitative estimate of drug-likeness (QED) is 0.0289. The van der Waals surface area contributed by atoms with Gasteiger partial charge in [0, 0.05) is 33.4 Å². The average Bonchev–Trinajstić information content (AvgIpc) is 1.59. The molecule has 14 aromatic rings. The van der Waals surface area contributed by atoms with Crippen molar-refractivity contribution >= 4 is 144 Å². The van der Waals surface area contributed by atoms with Crippen LogP contribution in [-0.2, 0) is 29.5 Å². The number of aromatic amines is 3. The fraction of sp³-hybridized carbons (Fsp3) is 0.198. The third kappa shape index (κ3) is 18.9. The summed E-state index contributed by atoms with van der Waals surface area (Å²) >= 11 is 39.9. The Hall–Kier alpha value is -10.7. The number of H-pyrrole nitrogens is 3. The first-order valence-electron chi connectivity index (χ1n) is 35.9. The van der Waals surface area contributed by atoms with Crippen LogP contribution in [0.4, 0.5) is 26.3 Å². The topological polar surface area (TPSA) is 352 Å². The van der Waals surface area contributed by atoms with Crippen molar-refractivity contribution in [3.8, 4) is 50.6 Å². The van der Waals surface area contributed by atoms with Gasteiger partial charge in [0.1, 0.15) is 86.0 Å². The van der Waals surface area contributed by atoms with Crippen LogP contribution in [0.3, 0.4) is 0 Å². The van der Waals surface area contributed by atoms with E-state index in [4.69, 9.17) is 84.4 Å². The van der Waals surface area contributed by atoms with Crippen LogP contribution < -0.4 is 30.6 Å². The van der Waals surface area contributed by atoms with E-state index in [9.17, 15) is 61.2 Å². The van der Waals surface area contributed by atoms with Gasteiger partial charge in [-0.2, -0.15) is 26.3 Å². The fourth-order valence-electron chi connectivity index (χ4n) is 13.0. The zero-order chi connectivity index (χ0) is 86.7. The molecule has 39 heteroatoms. The number of carbonyl (C=O) groups excluding carboxylic acids is 2. The average molecular weight is 1830 g/mol. The fourth-order valence-corrected chi connectivity index (χ4v) is 17.7. The highest BCUT2D eigenvalue weighted by Gasteiger charge is 2.32. The molecule has 0 aliphatic rings. The second-order valence-corrected chi connectivity index (χ2v) is 35.6. The first-order valence-corrected chi connectivity index (χ1v) is 43.1. The number of nitrogens with zero attached hydrogens (tertiary/aromatic N) is 5. The summed E-state index contributed by atoms with van der Waals surface area (Å²) in [6.07, 6.45) is 0. The van der Waals surface area contributed by atoms with E-state index in [1.165, 1.54) is 78.9 Å². The molecule has 0 aliphatic heterocycles. The molecule has 14 rings (SSSR count). The molecule has 3 atom stereocenters. The third-order valence-corrected chi connectivity index (χ3v) is 26.2. The van der Waals surface area contributed by atoms with E-state index < -0.39 is 79.3 Å². The van der Waals surface area contributed by atoms with Gasteiger partial charge in [0.2, 0.25) is 0 Å². The Morgan fingerprint density at radius 2 is 0.700 bits per heavy atom. The highest BCUT2D eigenvalue weighted by molar-refractivity contribution is 7.92. The maximum Gasteiger partial charge on any atom is 0.387 e. The lowest BCUT2D eigenvalue weighted by Crippen LogP contribution is -2.30. The standard InChI is InChI=1S/2C29H24Cl2F2N4O5S.C23H19Cl2F2N3O3S/c2*1-4-43(39,40)17-11-9-16(10-12-17)25(36-28(38)22-14(2)37-42-15(22)3)27-34-20-13-19(30)23(24(31)26(20)35-27)18-7-5-6-8-21(18)41-29(32)33;1-2-34(31,32)13-9-7-12(8-10-13)20(28)22-29-16-11-15(24)18(19(25)21(16)30-22)14-5-3-4-6-17(14)33-23(26)27/h2*5-13,25,29H,4H2,1-3H3,(H,34,35)(H,36,38);3-11,20,23H,2,28H2,1H3,(H,29,30). The number of sulfone groups is 3. The van der Waals surface area contributed by atoms with Crippen LogP contribution in [0.1, 0.15) is 117 Å². The Balaban J connectivity index is 0.000000166. The van der Waals surface area contributed by atoms with Gasteiger partial charge in [0.05, 0.1) is 96.1 Å². The lowest BCUT2D eigenvalue weighted by atomic mass is 10.0. The van der Waals surface area contributed by atoms with E-state index in [-0.39, 0.29) is 135 Å². The molecule has 0 fully saturated rings. The van der Waals surface area contributed by atoms with E-state index in [1.54, 1.807) is 133 Å². The van der Waals surface area contributed by atoms with Crippen molar-refractivity contribution in [3.05, 3.63) is 262 Å². The number of hydrogen-bond donors (Lipinski definition) is 6. The van der Waals surface area contributed by atoms with Gasteiger partial charge >= 0.3 is 19.8 Å². The van der Waals surface area contributed by atoms with Crippen molar-refractivity contribution in [2.24, 2.45) is 5.73 Å². The number of para-hydroxylation sites is 3. The highest BCUT2D eigenvalue weighted by Crippen LogP contribution is 2.48. The monoisotopic (exact) mass is 1820 g/mol. The SMILES string of the molecule is CCS(=O)(=O)c1ccc(C(N)c2nc3c(Cl)c(-c4ccccc4OC(F)F)c(Cl)cc3[nH]2)cc1.CCS(=O)(=O)c1ccc(C(NC(=O)c2c(C)noc2C)c2nc3c(Cl)c(-c4ccccc4OC(F)F)c(Cl)cc3[nH]2)cc1.CCS(=O)(=O)c1ccc(C(NC(=O)c2c(C)noc2C)c2nc3c(Cl)c(-c4ccccc4OC(F)F)c(Cl)cc3[nH]2)cc1. The number of amides is 2. The van der Waals surface area contributed by atoms with Gasteiger partial charge in [0.15, 0.2) is 29.5 Å². The lowest BCUT2D eigenvalue weighted by Gasteiger charge is -2.18. The molecule has 7 N–H and O–H groups in total. The molecule has 626 valence electrons. The molecular weight excluding hydrogens is 1760 g/mol. The van der Waals surface area contributed by atoms with Crippen molar-refractivity contribution in [3.63, 3.8) is 0 Å². The highest BCUT2D eigenvalue weighted by atomic mass is 35.5. The molecule has 5 heterocycles. The largest absolute Gasteiger partial charge is 0.434 e. The van der Waals surface area contributed by atoms with Crippen LogP contribution in [0.15, 0.2) is 188 Å². The number of benzene rings is 9. The maximum atomic E-state index is 13.4. The molecule has 0 bridgehead atoms. The number of aryl methyl sites for hydroxylation is 4. The summed E-state index contributed by atoms with van der Waals surface area (Å²) in [5.74, 6) is -0.000354. The molecule has 5 aromatic heterocycles. The van der Waals surface area contributed by atoms with Gasteiger partial charge < -0.3 is 54.6 Å². The number of hydrogen-bond acceptors (Lipinski definition) is 19. The summed E-state index contributed by atoms with van der Waals surface area (Å²) in [5.41, 5.74) is 13.0. The Morgan fingerprint density at radius 1 is 0.425 bits per heavy atom. The normalized spacial score (nSPS) is 12.7. The number of alkyl halides is 6. The second-order valence-electron chi connectivity index (χ2n) is 26.4. The van der Waals surface area contributed by atoms with Crippen LogP contribution in [0, 0.1) is 27.7 Å². The van der Waals surface area contributed by atoms with Crippen LogP contribution >= 0.6 is 69.6 Å². The molecule has 0 aliphatic carbocycles. The zero-order valence-electron chi connectivity index (χ0n) is 63.6. The molecule has 0 saturated heterocycles. The summed E-state index contributed by atoms with van der Waals surface area (Å²) in [4.78, 5) is 50.5. The number of imidazole rings is 3. The Morgan fingerprint density at radius 3 is 0.975 bits per heavy atom. The number of carbonyl (C=O) groups is 2. The lowest BCUT2D eigenvalue weighted by molar-refractivity contribution is -0.0501. The first-order chi connectivity index (χ1) is 56.9. The predicted octanol–water partition coefficient (Wildman–Crippen LogP) is 20.1. The van der Waals surface area contributed by atoms with Crippen LogP contribution in [0.2, 0.25) is 30.1 Å². The Bertz CT molecular complexity index is 6260. The molecule has 0 spiro atoms. The van der Waals surface area contributed by atoms with Crippen molar-refractivity contribution in [1.29, 1.82) is 0 Å².